The molecule has 1 amide bonds. The fourth-order valence-electron chi connectivity index (χ4n) is 1.53. The minimum atomic E-state index is -0.349. The molecule has 3 nitrogen and oxygen atoms in total. The van der Waals surface area contributed by atoms with E-state index in [0.29, 0.717) is 32.0 Å². The van der Waals surface area contributed by atoms with Crippen LogP contribution in [0.4, 0.5) is 11.4 Å². The second-order valence-corrected chi connectivity index (χ2v) is 5.13. The van der Waals surface area contributed by atoms with Crippen LogP contribution in [0.25, 0.3) is 0 Å². The fourth-order valence-corrected chi connectivity index (χ4v) is 2.23. The molecule has 2 rings (SSSR count). The average Bonchev–Trinajstić information content (AvgIpc) is 2.31. The summed E-state index contributed by atoms with van der Waals surface area (Å²) in [5, 5.41) is 3.91. The van der Waals surface area contributed by atoms with Crippen LogP contribution in [0.15, 0.2) is 36.4 Å². The van der Waals surface area contributed by atoms with E-state index < -0.39 is 0 Å². The lowest BCUT2D eigenvalue weighted by atomic mass is 10.2. The van der Waals surface area contributed by atoms with Gasteiger partial charge in [-0.3, -0.25) is 4.79 Å². The second kappa shape index (κ2) is 5.70. The van der Waals surface area contributed by atoms with Crippen LogP contribution in [0.1, 0.15) is 10.4 Å². The Kier molecular flexibility index (Phi) is 4.20. The van der Waals surface area contributed by atoms with Gasteiger partial charge in [0, 0.05) is 21.3 Å². The number of nitrogens with two attached hydrogens (primary N) is 1. The van der Waals surface area contributed by atoms with Gasteiger partial charge in [-0.1, -0.05) is 34.8 Å². The minimum Gasteiger partial charge on any atom is -0.399 e. The van der Waals surface area contributed by atoms with Gasteiger partial charge in [-0.05, 0) is 36.4 Å². The summed E-state index contributed by atoms with van der Waals surface area (Å²) in [6.45, 7) is 0. The number of nitrogens with one attached hydrogen (secondary N) is 1. The number of rotatable bonds is 2. The predicted octanol–water partition coefficient (Wildman–Crippen LogP) is 4.48. The molecule has 0 unspecified atom stereocenters. The average molecular weight is 316 g/mol. The van der Waals surface area contributed by atoms with Crippen LogP contribution in [0.2, 0.25) is 15.1 Å². The summed E-state index contributed by atoms with van der Waals surface area (Å²) in [7, 11) is 0. The van der Waals surface area contributed by atoms with Crippen LogP contribution >= 0.6 is 34.8 Å². The van der Waals surface area contributed by atoms with Crippen molar-refractivity contribution in [1.29, 1.82) is 0 Å². The molecule has 0 aromatic heterocycles. The highest BCUT2D eigenvalue weighted by molar-refractivity contribution is 6.37. The van der Waals surface area contributed by atoms with Gasteiger partial charge in [0.1, 0.15) is 0 Å². The molecule has 0 saturated heterocycles. The summed E-state index contributed by atoms with van der Waals surface area (Å²) in [5.41, 5.74) is 6.87. The van der Waals surface area contributed by atoms with E-state index in [-0.39, 0.29) is 5.91 Å². The first-order chi connectivity index (χ1) is 8.95. The molecule has 19 heavy (non-hydrogen) atoms. The predicted molar refractivity (Wildman–Crippen MR) is 80.3 cm³/mol. The van der Waals surface area contributed by atoms with Crippen molar-refractivity contribution in [3.05, 3.63) is 57.0 Å². The van der Waals surface area contributed by atoms with E-state index in [1.54, 1.807) is 24.3 Å². The molecule has 0 saturated carbocycles. The minimum absolute atomic E-state index is 0.349. The third-order valence-corrected chi connectivity index (χ3v) is 3.13. The number of benzene rings is 2. The van der Waals surface area contributed by atoms with Crippen molar-refractivity contribution >= 4 is 52.1 Å². The van der Waals surface area contributed by atoms with Gasteiger partial charge < -0.3 is 11.1 Å². The van der Waals surface area contributed by atoms with Gasteiger partial charge in [0.2, 0.25) is 0 Å². The van der Waals surface area contributed by atoms with Crippen molar-refractivity contribution < 1.29 is 4.79 Å². The first kappa shape index (κ1) is 14.0. The standard InChI is InChI=1S/C13H9Cl3N2O/c14-8-1-2-12(11(16)6-8)18-13(19)7-3-9(15)5-10(17)4-7/h1-6H,17H2,(H,18,19). The van der Waals surface area contributed by atoms with E-state index in [0.717, 1.165) is 0 Å². The molecule has 0 aliphatic carbocycles. The van der Waals surface area contributed by atoms with Gasteiger partial charge in [0.05, 0.1) is 10.7 Å². The molecular weight excluding hydrogens is 307 g/mol. The topological polar surface area (TPSA) is 55.1 Å². The van der Waals surface area contributed by atoms with Crippen molar-refractivity contribution in [2.24, 2.45) is 0 Å². The smallest absolute Gasteiger partial charge is 0.255 e. The molecule has 2 aromatic carbocycles. The molecule has 0 atom stereocenters. The molecule has 0 spiro atoms. The van der Waals surface area contributed by atoms with Crippen LogP contribution in [0.3, 0.4) is 0 Å². The van der Waals surface area contributed by atoms with Crippen molar-refractivity contribution in [2.75, 3.05) is 11.1 Å². The quantitative estimate of drug-likeness (QED) is 0.803. The normalized spacial score (nSPS) is 10.3. The van der Waals surface area contributed by atoms with Crippen LogP contribution in [-0.2, 0) is 0 Å². The summed E-state index contributed by atoms with van der Waals surface area (Å²) in [6.07, 6.45) is 0. The maximum Gasteiger partial charge on any atom is 0.255 e. The number of halogens is 3. The molecule has 0 heterocycles. The largest absolute Gasteiger partial charge is 0.399 e. The van der Waals surface area contributed by atoms with Gasteiger partial charge >= 0.3 is 0 Å². The molecule has 3 N–H and O–H groups in total. The van der Waals surface area contributed by atoms with Crippen molar-refractivity contribution in [3.63, 3.8) is 0 Å². The van der Waals surface area contributed by atoms with Crippen molar-refractivity contribution in [1.82, 2.24) is 0 Å². The molecule has 0 fully saturated rings. The zero-order valence-electron chi connectivity index (χ0n) is 9.58. The summed E-state index contributed by atoms with van der Waals surface area (Å²) >= 11 is 17.6. The van der Waals surface area contributed by atoms with E-state index >= 15 is 0 Å². The third kappa shape index (κ3) is 3.53. The Morgan fingerprint density at radius 3 is 2.37 bits per heavy atom. The molecular formula is C13H9Cl3N2O. The Morgan fingerprint density at radius 2 is 1.74 bits per heavy atom. The number of nitrogen functional groups attached to an aromatic ring is 1. The van der Waals surface area contributed by atoms with Crippen molar-refractivity contribution in [2.45, 2.75) is 0 Å². The van der Waals surface area contributed by atoms with Crippen molar-refractivity contribution in [3.8, 4) is 0 Å². The number of carbonyl (C=O) groups is 1. The monoisotopic (exact) mass is 314 g/mol. The zero-order valence-corrected chi connectivity index (χ0v) is 11.9. The molecule has 98 valence electrons. The molecule has 0 radical (unpaired) electrons. The molecule has 0 bridgehead atoms. The van der Waals surface area contributed by atoms with Crippen LogP contribution in [0.5, 0.6) is 0 Å². The fraction of sp³-hybridized carbons (Fsp3) is 0. The number of anilines is 2. The van der Waals surface area contributed by atoms with E-state index in [2.05, 4.69) is 5.32 Å². The Morgan fingerprint density at radius 1 is 1.00 bits per heavy atom. The first-order valence-electron chi connectivity index (χ1n) is 5.28. The van der Waals surface area contributed by atoms with Crippen LogP contribution in [-0.4, -0.2) is 5.91 Å². The summed E-state index contributed by atoms with van der Waals surface area (Å²) in [6, 6.07) is 9.42. The number of carbonyl (C=O) groups excluding carboxylic acids is 1. The SMILES string of the molecule is Nc1cc(Cl)cc(C(=O)Nc2ccc(Cl)cc2Cl)c1. The number of hydrogen-bond acceptors (Lipinski definition) is 2. The lowest BCUT2D eigenvalue weighted by Crippen LogP contribution is -2.12. The lowest BCUT2D eigenvalue weighted by Gasteiger charge is -2.08. The van der Waals surface area contributed by atoms with Crippen LogP contribution in [0, 0.1) is 0 Å². The number of hydrogen-bond donors (Lipinski definition) is 2. The molecule has 2 aromatic rings. The molecule has 0 aliphatic heterocycles. The van der Waals surface area contributed by atoms with E-state index in [9.17, 15) is 4.79 Å². The lowest BCUT2D eigenvalue weighted by molar-refractivity contribution is 0.102. The Hall–Kier alpha value is -1.42. The molecule has 0 aliphatic rings. The molecule has 6 heteroatoms. The maximum atomic E-state index is 12.0. The second-order valence-electron chi connectivity index (χ2n) is 3.85. The van der Waals surface area contributed by atoms with Crippen LogP contribution < -0.4 is 11.1 Å². The van der Waals surface area contributed by atoms with Gasteiger partial charge in [-0.2, -0.15) is 0 Å². The Labute approximate surface area is 125 Å². The van der Waals surface area contributed by atoms with Gasteiger partial charge in [0.25, 0.3) is 5.91 Å². The third-order valence-electron chi connectivity index (χ3n) is 2.36. The summed E-state index contributed by atoms with van der Waals surface area (Å²) in [5.74, 6) is -0.349. The van der Waals surface area contributed by atoms with E-state index in [1.165, 1.54) is 12.1 Å². The summed E-state index contributed by atoms with van der Waals surface area (Å²) < 4.78 is 0. The highest BCUT2D eigenvalue weighted by Crippen LogP contribution is 2.26. The van der Waals surface area contributed by atoms with E-state index in [4.69, 9.17) is 40.5 Å². The highest BCUT2D eigenvalue weighted by Gasteiger charge is 2.10. The zero-order chi connectivity index (χ0) is 14.0. The van der Waals surface area contributed by atoms with Gasteiger partial charge in [-0.25, -0.2) is 0 Å². The maximum absolute atomic E-state index is 12.0. The summed E-state index contributed by atoms with van der Waals surface area (Å²) in [4.78, 5) is 12.0. The highest BCUT2D eigenvalue weighted by atomic mass is 35.5. The first-order valence-corrected chi connectivity index (χ1v) is 6.41. The Balaban J connectivity index is 2.25. The van der Waals surface area contributed by atoms with E-state index in [1.807, 2.05) is 0 Å². The Bertz CT molecular complexity index is 624. The number of amides is 1. The van der Waals surface area contributed by atoms with Gasteiger partial charge in [0.15, 0.2) is 0 Å². The van der Waals surface area contributed by atoms with Gasteiger partial charge in [-0.15, -0.1) is 0 Å².